The van der Waals surface area contributed by atoms with E-state index in [9.17, 15) is 19.8 Å². The smallest absolute Gasteiger partial charge is 0.305 e. The zero-order valence-electron chi connectivity index (χ0n) is 55.3. The molecule has 0 aliphatic heterocycles. The molecule has 0 aromatic rings. The second kappa shape index (κ2) is 71.1. The van der Waals surface area contributed by atoms with Crippen LogP contribution in [0, 0.1) is 0 Å². The zero-order valence-corrected chi connectivity index (χ0v) is 55.3. The van der Waals surface area contributed by atoms with Crippen LogP contribution in [0.3, 0.4) is 0 Å². The fourth-order valence-corrected chi connectivity index (χ4v) is 12.1. The van der Waals surface area contributed by atoms with Gasteiger partial charge in [0.2, 0.25) is 5.91 Å². The molecule has 0 aliphatic carbocycles. The Hall–Kier alpha value is -1.40. The Balaban J connectivity index is 3.31. The molecule has 0 heterocycles. The fraction of sp³-hybridized carbons (Fsp3) is 0.947. The maximum atomic E-state index is 12.5. The number of aliphatic hydroxyl groups excluding tert-OH is 2. The van der Waals surface area contributed by atoms with Crippen molar-refractivity contribution in [3.05, 3.63) is 12.2 Å². The highest BCUT2D eigenvalue weighted by Crippen LogP contribution is 2.20. The third kappa shape index (κ3) is 67.6. The third-order valence-corrected chi connectivity index (χ3v) is 17.8. The molecule has 2 unspecified atom stereocenters. The standard InChI is InChI=1S/C75H147NO5/c1-3-5-7-9-11-13-15-17-19-41-45-49-53-57-61-65-69-75(80)81-70-66-62-58-54-50-46-42-38-36-34-32-30-28-26-24-22-20-21-23-25-27-29-31-33-35-37-40-44-48-52-56-60-64-68-74(79)76-72(71-77)73(78)67-63-59-55-51-47-43-39-18-16-14-12-10-8-6-4-2/h63,67,72-73,77-78H,3-62,64-66,68-71H2,1-2H3,(H,76,79)/b67-63+. The van der Waals surface area contributed by atoms with Crippen molar-refractivity contribution in [1.29, 1.82) is 0 Å². The van der Waals surface area contributed by atoms with E-state index in [1.54, 1.807) is 6.08 Å². The maximum absolute atomic E-state index is 12.5. The van der Waals surface area contributed by atoms with Crippen LogP contribution in [0.25, 0.3) is 0 Å². The van der Waals surface area contributed by atoms with Crippen molar-refractivity contribution < 1.29 is 24.5 Å². The summed E-state index contributed by atoms with van der Waals surface area (Å²) in [5.41, 5.74) is 0. The lowest BCUT2D eigenvalue weighted by molar-refractivity contribution is -0.143. The molecule has 0 aromatic carbocycles. The quantitative estimate of drug-likeness (QED) is 0.0320. The first-order chi connectivity index (χ1) is 40.0. The summed E-state index contributed by atoms with van der Waals surface area (Å²) in [4.78, 5) is 24.6. The summed E-state index contributed by atoms with van der Waals surface area (Å²) < 4.78 is 5.51. The van der Waals surface area contributed by atoms with Crippen LogP contribution in [0.4, 0.5) is 0 Å². The number of aliphatic hydroxyl groups is 2. The minimum Gasteiger partial charge on any atom is -0.466 e. The molecule has 3 N–H and O–H groups in total. The van der Waals surface area contributed by atoms with E-state index in [1.165, 1.54) is 366 Å². The van der Waals surface area contributed by atoms with E-state index in [0.29, 0.717) is 19.4 Å². The highest BCUT2D eigenvalue weighted by Gasteiger charge is 2.18. The Bertz CT molecular complexity index is 1220. The molecule has 0 aliphatic rings. The summed E-state index contributed by atoms with van der Waals surface area (Å²) in [5, 5.41) is 23.2. The molecule has 2 atom stereocenters. The third-order valence-electron chi connectivity index (χ3n) is 17.8. The van der Waals surface area contributed by atoms with Crippen LogP contribution < -0.4 is 5.32 Å². The lowest BCUT2D eigenvalue weighted by Crippen LogP contribution is -2.45. The van der Waals surface area contributed by atoms with Crippen molar-refractivity contribution in [1.82, 2.24) is 5.32 Å². The number of unbranched alkanes of at least 4 members (excludes halogenated alkanes) is 60. The topological polar surface area (TPSA) is 95.9 Å². The molecule has 0 radical (unpaired) electrons. The number of hydrogen-bond donors (Lipinski definition) is 3. The molecule has 0 saturated carbocycles. The zero-order chi connectivity index (χ0) is 58.5. The number of ether oxygens (including phenoxy) is 1. The van der Waals surface area contributed by atoms with Gasteiger partial charge in [-0.1, -0.05) is 398 Å². The van der Waals surface area contributed by atoms with Gasteiger partial charge in [0.05, 0.1) is 25.4 Å². The van der Waals surface area contributed by atoms with Crippen LogP contribution in [0.15, 0.2) is 12.2 Å². The van der Waals surface area contributed by atoms with Gasteiger partial charge in [-0.2, -0.15) is 0 Å². The number of carbonyl (C=O) groups excluding carboxylic acids is 2. The first kappa shape index (κ1) is 79.6. The van der Waals surface area contributed by atoms with Gasteiger partial charge < -0.3 is 20.3 Å². The summed E-state index contributed by atoms with van der Waals surface area (Å²) in [5.74, 6) is -0.0340. The highest BCUT2D eigenvalue weighted by atomic mass is 16.5. The van der Waals surface area contributed by atoms with Crippen molar-refractivity contribution >= 4 is 11.9 Å². The van der Waals surface area contributed by atoms with Gasteiger partial charge in [-0.25, -0.2) is 0 Å². The van der Waals surface area contributed by atoms with E-state index in [2.05, 4.69) is 19.2 Å². The molecule has 0 rings (SSSR count). The molecule has 1 amide bonds. The number of allylic oxidation sites excluding steroid dienone is 1. The van der Waals surface area contributed by atoms with Gasteiger partial charge in [-0.3, -0.25) is 9.59 Å². The number of amides is 1. The second-order valence-corrected chi connectivity index (χ2v) is 26.0. The molecule has 0 spiro atoms. The highest BCUT2D eigenvalue weighted by molar-refractivity contribution is 5.76. The monoisotopic (exact) mass is 1140 g/mol. The maximum Gasteiger partial charge on any atom is 0.305 e. The Labute approximate surface area is 508 Å². The normalized spacial score (nSPS) is 12.5. The number of esters is 1. The second-order valence-electron chi connectivity index (χ2n) is 26.0. The fourth-order valence-electron chi connectivity index (χ4n) is 12.1. The molecule has 0 aromatic heterocycles. The van der Waals surface area contributed by atoms with Crippen LogP contribution in [0.1, 0.15) is 431 Å². The Kier molecular flexibility index (Phi) is 69.9. The van der Waals surface area contributed by atoms with Crippen LogP contribution in [0.5, 0.6) is 0 Å². The molecule has 482 valence electrons. The van der Waals surface area contributed by atoms with E-state index in [1.807, 2.05) is 6.08 Å². The molecule has 6 heteroatoms. The number of nitrogens with one attached hydrogen (secondary N) is 1. The molecule has 81 heavy (non-hydrogen) atoms. The summed E-state index contributed by atoms with van der Waals surface area (Å²) in [6, 6.07) is -0.623. The van der Waals surface area contributed by atoms with Gasteiger partial charge in [-0.15, -0.1) is 0 Å². The summed E-state index contributed by atoms with van der Waals surface area (Å²) in [6.45, 7) is 4.95. The predicted octanol–water partition coefficient (Wildman–Crippen LogP) is 24.3. The molecule has 6 nitrogen and oxygen atoms in total. The lowest BCUT2D eigenvalue weighted by Gasteiger charge is -2.20. The van der Waals surface area contributed by atoms with E-state index in [0.717, 1.165) is 38.5 Å². The summed E-state index contributed by atoms with van der Waals surface area (Å²) in [7, 11) is 0. The number of carbonyl (C=O) groups is 2. The molecular formula is C75H147NO5. The Morgan fingerprint density at radius 3 is 0.840 bits per heavy atom. The average molecular weight is 1140 g/mol. The Morgan fingerprint density at radius 1 is 0.333 bits per heavy atom. The van der Waals surface area contributed by atoms with Gasteiger partial charge in [0.1, 0.15) is 0 Å². The molecular weight excluding hydrogens is 995 g/mol. The molecule has 0 bridgehead atoms. The average Bonchev–Trinajstić information content (AvgIpc) is 3.47. The molecule has 0 fully saturated rings. The van der Waals surface area contributed by atoms with Gasteiger partial charge >= 0.3 is 5.97 Å². The summed E-state index contributed by atoms with van der Waals surface area (Å²) in [6.07, 6.45) is 88.9. The van der Waals surface area contributed by atoms with Crippen LogP contribution in [-0.4, -0.2) is 47.4 Å². The van der Waals surface area contributed by atoms with Crippen molar-refractivity contribution in [2.24, 2.45) is 0 Å². The summed E-state index contributed by atoms with van der Waals surface area (Å²) >= 11 is 0. The van der Waals surface area contributed by atoms with Gasteiger partial charge in [0, 0.05) is 12.8 Å². The SMILES string of the molecule is CCCCCCCCCCCCCCC/C=C/C(O)C(CO)NC(=O)CCCCCCCCCCCCCCCCCCCCCCCCCCCCCCCCCCCOC(=O)CCCCCCCCCCCCCCCCCC. The van der Waals surface area contributed by atoms with Crippen molar-refractivity contribution in [3.63, 3.8) is 0 Å². The molecule has 0 saturated heterocycles. The van der Waals surface area contributed by atoms with Crippen LogP contribution in [-0.2, 0) is 14.3 Å². The minimum absolute atomic E-state index is 0.0259. The van der Waals surface area contributed by atoms with E-state index < -0.39 is 12.1 Å². The van der Waals surface area contributed by atoms with Crippen LogP contribution >= 0.6 is 0 Å². The minimum atomic E-state index is -0.840. The van der Waals surface area contributed by atoms with E-state index in [4.69, 9.17) is 4.74 Å². The van der Waals surface area contributed by atoms with Crippen molar-refractivity contribution in [2.75, 3.05) is 13.2 Å². The van der Waals surface area contributed by atoms with Crippen molar-refractivity contribution in [2.45, 2.75) is 443 Å². The number of hydrogen-bond acceptors (Lipinski definition) is 5. The predicted molar refractivity (Wildman–Crippen MR) is 357 cm³/mol. The number of rotatable bonds is 71. The van der Waals surface area contributed by atoms with E-state index in [-0.39, 0.29) is 18.5 Å². The largest absolute Gasteiger partial charge is 0.466 e. The van der Waals surface area contributed by atoms with Crippen LogP contribution in [0.2, 0.25) is 0 Å². The van der Waals surface area contributed by atoms with Gasteiger partial charge in [0.25, 0.3) is 0 Å². The van der Waals surface area contributed by atoms with Gasteiger partial charge in [-0.05, 0) is 32.1 Å². The first-order valence-electron chi connectivity index (χ1n) is 37.5. The Morgan fingerprint density at radius 2 is 0.568 bits per heavy atom. The van der Waals surface area contributed by atoms with Gasteiger partial charge in [0.15, 0.2) is 0 Å². The van der Waals surface area contributed by atoms with E-state index >= 15 is 0 Å². The first-order valence-corrected chi connectivity index (χ1v) is 37.5. The van der Waals surface area contributed by atoms with Crippen molar-refractivity contribution in [3.8, 4) is 0 Å². The lowest BCUT2D eigenvalue weighted by atomic mass is 10.0.